The van der Waals surface area contributed by atoms with Gasteiger partial charge in [-0.25, -0.2) is 0 Å². The number of hydrogen-bond acceptors (Lipinski definition) is 19. The number of piperidine rings is 1. The van der Waals surface area contributed by atoms with Gasteiger partial charge >= 0.3 is 5.97 Å². The van der Waals surface area contributed by atoms with E-state index in [0.29, 0.717) is 194 Å². The lowest BCUT2D eigenvalue weighted by atomic mass is 9.85. The highest BCUT2D eigenvalue weighted by atomic mass is 16.6. The number of aliphatic carboxylic acids is 1. The zero-order valence-electron chi connectivity index (χ0n) is 42.5. The maximum absolute atomic E-state index is 14.2. The van der Waals surface area contributed by atoms with Crippen LogP contribution < -0.4 is 15.5 Å². The number of nitrogens with one attached hydrogen (secondary N) is 2. The molecule has 1 aliphatic carbocycles. The summed E-state index contributed by atoms with van der Waals surface area (Å²) in [6.07, 6.45) is 5.27. The number of hydrogen-bond donors (Lipinski definition) is 3. The minimum atomic E-state index is -0.983. The van der Waals surface area contributed by atoms with Gasteiger partial charge in [0.15, 0.2) is 11.5 Å². The lowest BCUT2D eigenvalue weighted by molar-refractivity contribution is -0.394. The average Bonchev–Trinajstić information content (AvgIpc) is 3.89. The lowest BCUT2D eigenvalue weighted by Crippen LogP contribution is -2.39. The SMILES string of the molecule is O=C(O)CNc1cccc(Nc2cc(N3CCC[C@H](C(=O)CCCCOCCOCCOCCOCCOCCOCCOCCCCc4ccc([N+](=O)[O-])cc4[N+](=O)[O-])C3)c3noc4c3c2C(=O)c2ccccc2-4)c1. The predicted molar refractivity (Wildman–Crippen MR) is 281 cm³/mol. The molecule has 1 fully saturated rings. The highest BCUT2D eigenvalue weighted by Gasteiger charge is 2.35. The number of carboxylic acid groups (broad SMARTS) is 1. The molecule has 0 saturated carbocycles. The van der Waals surface area contributed by atoms with Crippen molar-refractivity contribution in [2.75, 3.05) is 128 Å². The summed E-state index contributed by atoms with van der Waals surface area (Å²) in [4.78, 5) is 62.1. The second-order valence-electron chi connectivity index (χ2n) is 18.2. The Morgan fingerprint density at radius 1 is 0.711 bits per heavy atom. The number of benzene rings is 4. The Hall–Kier alpha value is -6.92. The van der Waals surface area contributed by atoms with Crippen molar-refractivity contribution in [3.8, 4) is 11.3 Å². The van der Waals surface area contributed by atoms with Gasteiger partial charge in [-0.05, 0) is 75.3 Å². The maximum Gasteiger partial charge on any atom is 0.322 e. The summed E-state index contributed by atoms with van der Waals surface area (Å²) >= 11 is 0. The van der Waals surface area contributed by atoms with Crippen LogP contribution in [0.2, 0.25) is 0 Å². The molecule has 2 heterocycles. The van der Waals surface area contributed by atoms with Gasteiger partial charge in [-0.15, -0.1) is 0 Å². The van der Waals surface area contributed by atoms with E-state index < -0.39 is 15.8 Å². The summed E-state index contributed by atoms with van der Waals surface area (Å²) in [6.45, 7) is 7.07. The molecule has 0 bridgehead atoms. The first kappa shape index (κ1) is 56.8. The Morgan fingerprint density at radius 2 is 1.32 bits per heavy atom. The van der Waals surface area contributed by atoms with E-state index in [-0.39, 0.29) is 35.4 Å². The molecule has 1 aromatic heterocycles. The summed E-state index contributed by atoms with van der Waals surface area (Å²) in [5, 5.41) is 42.8. The molecule has 3 N–H and O–H groups in total. The largest absolute Gasteiger partial charge is 0.480 e. The third-order valence-electron chi connectivity index (χ3n) is 12.8. The van der Waals surface area contributed by atoms with Gasteiger partial charge in [0.25, 0.3) is 11.4 Å². The van der Waals surface area contributed by atoms with Crippen molar-refractivity contribution in [3.63, 3.8) is 0 Å². The lowest BCUT2D eigenvalue weighted by Gasteiger charge is -2.34. The third-order valence-corrected chi connectivity index (χ3v) is 12.8. The summed E-state index contributed by atoms with van der Waals surface area (Å²) in [5.74, 6) is -0.581. The molecular weight excluding hydrogens is 989 g/mol. The molecule has 408 valence electrons. The summed E-state index contributed by atoms with van der Waals surface area (Å²) < 4.78 is 45.0. The fraction of sp³-hybridized carbons (Fsp3) is 0.481. The number of nitro benzene ring substituents is 2. The molecule has 7 rings (SSSR count). The van der Waals surface area contributed by atoms with Crippen molar-refractivity contribution in [2.45, 2.75) is 51.4 Å². The number of rotatable bonds is 37. The zero-order chi connectivity index (χ0) is 53.5. The highest BCUT2D eigenvalue weighted by Crippen LogP contribution is 2.47. The molecule has 22 nitrogen and oxygen atoms in total. The van der Waals surface area contributed by atoms with Crippen LogP contribution >= 0.6 is 0 Å². The molecule has 4 aromatic carbocycles. The van der Waals surface area contributed by atoms with Crippen molar-refractivity contribution in [1.29, 1.82) is 0 Å². The van der Waals surface area contributed by atoms with E-state index in [1.54, 1.807) is 24.3 Å². The number of ketones is 2. The Balaban J connectivity index is 0.692. The molecule has 1 atom stereocenters. The first-order valence-electron chi connectivity index (χ1n) is 25.8. The predicted octanol–water partition coefficient (Wildman–Crippen LogP) is 8.19. The molecule has 1 aliphatic heterocycles. The molecule has 0 radical (unpaired) electrons. The number of carbonyl (C=O) groups excluding carboxylic acids is 2. The Bertz CT molecular complexity index is 2730. The van der Waals surface area contributed by atoms with Crippen molar-refractivity contribution in [3.05, 3.63) is 110 Å². The second kappa shape index (κ2) is 30.0. The number of carbonyl (C=O) groups is 3. The standard InChI is InChI=1S/C54H66N6O16/c61-48(15-4-6-20-70-22-24-72-26-28-74-30-32-75-31-29-73-27-25-71-23-21-69-19-5-3-9-38-16-17-42(59(65)66)34-46(38)60(67)68)39-10-8-18-58(37-39)47-35-45(56-41-12-7-11-40(33-41)55-36-49(62)63)50-51-52(47)57-76-54(51)44-14-2-1-13-43(44)53(50)64/h1-2,7,11-14,16-17,33-35,39,55-56H,3-6,8-10,15,18-32,36-37H2,(H,62,63)/t39-/m0/s1. The number of ether oxygens (including phenoxy) is 7. The molecule has 5 aromatic rings. The number of nitrogens with zero attached hydrogens (tertiary/aromatic N) is 4. The molecular formula is C54H66N6O16. The average molecular weight is 1060 g/mol. The first-order valence-corrected chi connectivity index (χ1v) is 25.8. The van der Waals surface area contributed by atoms with Crippen molar-refractivity contribution in [1.82, 2.24) is 5.16 Å². The molecule has 1 saturated heterocycles. The van der Waals surface area contributed by atoms with Crippen molar-refractivity contribution in [2.24, 2.45) is 5.92 Å². The van der Waals surface area contributed by atoms with E-state index >= 15 is 0 Å². The van der Waals surface area contributed by atoms with E-state index in [9.17, 15) is 39.7 Å². The highest BCUT2D eigenvalue weighted by molar-refractivity contribution is 6.29. The van der Waals surface area contributed by atoms with Gasteiger partial charge in [0, 0.05) is 72.8 Å². The second-order valence-corrected chi connectivity index (χ2v) is 18.2. The summed E-state index contributed by atoms with van der Waals surface area (Å²) in [7, 11) is 0. The van der Waals surface area contributed by atoms with Crippen LogP contribution in [0.1, 0.15) is 66.4 Å². The van der Waals surface area contributed by atoms with E-state index in [4.69, 9.17) is 37.7 Å². The van der Waals surface area contributed by atoms with Crippen molar-refractivity contribution >= 4 is 62.6 Å². The van der Waals surface area contributed by atoms with Gasteiger partial charge in [0.05, 0.1) is 118 Å². The van der Waals surface area contributed by atoms with Crippen LogP contribution in [0.15, 0.2) is 77.3 Å². The minimum absolute atomic E-state index is 0.160. The number of unbranched alkanes of at least 4 members (excludes halogenated alkanes) is 2. The van der Waals surface area contributed by atoms with Gasteiger partial charge < -0.3 is 58.3 Å². The number of aromatic nitrogens is 1. The molecule has 22 heteroatoms. The number of non-ortho nitro benzene ring substituents is 1. The quantitative estimate of drug-likeness (QED) is 0.0188. The molecule has 0 spiro atoms. The van der Waals surface area contributed by atoms with Crippen LogP contribution in [0.5, 0.6) is 0 Å². The van der Waals surface area contributed by atoms with E-state index in [1.807, 2.05) is 30.3 Å². The van der Waals surface area contributed by atoms with Crippen LogP contribution in [-0.4, -0.2) is 150 Å². The Morgan fingerprint density at radius 3 is 1.93 bits per heavy atom. The van der Waals surface area contributed by atoms with Gasteiger partial charge in [-0.2, -0.15) is 0 Å². The van der Waals surface area contributed by atoms with Crippen LogP contribution in [0, 0.1) is 26.1 Å². The van der Waals surface area contributed by atoms with Crippen LogP contribution in [-0.2, 0) is 49.2 Å². The van der Waals surface area contributed by atoms with Gasteiger partial charge in [-0.3, -0.25) is 34.6 Å². The fourth-order valence-electron chi connectivity index (χ4n) is 9.08. The molecule has 0 amide bonds. The zero-order valence-corrected chi connectivity index (χ0v) is 42.5. The monoisotopic (exact) mass is 1050 g/mol. The molecule has 2 aliphatic rings. The smallest absolute Gasteiger partial charge is 0.322 e. The Kier molecular flexibility index (Phi) is 22.4. The van der Waals surface area contributed by atoms with E-state index in [1.165, 1.54) is 12.1 Å². The minimum Gasteiger partial charge on any atom is -0.480 e. The number of anilines is 4. The van der Waals surface area contributed by atoms with Gasteiger partial charge in [-0.1, -0.05) is 35.5 Å². The van der Waals surface area contributed by atoms with Crippen LogP contribution in [0.25, 0.3) is 22.2 Å². The summed E-state index contributed by atoms with van der Waals surface area (Å²) in [5.41, 5.74) is 4.70. The van der Waals surface area contributed by atoms with E-state index in [0.717, 1.165) is 31.0 Å². The topological polar surface area (TPSA) is 276 Å². The van der Waals surface area contributed by atoms with Crippen molar-refractivity contribution < 1.29 is 67.0 Å². The number of fused-ring (bicyclic) bond motifs is 2. The van der Waals surface area contributed by atoms with Gasteiger partial charge in [0.2, 0.25) is 0 Å². The molecule has 76 heavy (non-hydrogen) atoms. The van der Waals surface area contributed by atoms with Crippen LogP contribution in [0.3, 0.4) is 0 Å². The Labute approximate surface area is 439 Å². The molecule has 0 unspecified atom stereocenters. The normalized spacial score (nSPS) is 14.0. The maximum atomic E-state index is 14.2. The number of aryl methyl sites for hydroxylation is 1. The van der Waals surface area contributed by atoms with E-state index in [2.05, 4.69) is 20.7 Å². The first-order chi connectivity index (χ1) is 37.1. The number of Topliss-reactive ketones (excluding diaryl/α,β-unsaturated/α-hetero) is 1. The van der Waals surface area contributed by atoms with Gasteiger partial charge in [0.1, 0.15) is 17.8 Å². The number of carboxylic acids is 1. The summed E-state index contributed by atoms with van der Waals surface area (Å²) in [6, 6.07) is 20.1. The fourth-order valence-corrected chi connectivity index (χ4v) is 9.08. The number of nitro groups is 2. The third kappa shape index (κ3) is 16.5. The van der Waals surface area contributed by atoms with Crippen LogP contribution in [0.4, 0.5) is 34.1 Å².